The average Bonchev–Trinajstić information content (AvgIpc) is 2.13. The molecule has 0 aliphatic carbocycles. The minimum Gasteiger partial charge on any atom is -0.430 e. The van der Waals surface area contributed by atoms with Crippen LogP contribution in [0.2, 0.25) is 0 Å². The zero-order chi connectivity index (χ0) is 11.2. The van der Waals surface area contributed by atoms with Crippen molar-refractivity contribution in [2.75, 3.05) is 0 Å². The lowest BCUT2D eigenvalue weighted by atomic mass is 10.2. The van der Waals surface area contributed by atoms with E-state index in [0.717, 1.165) is 0 Å². The van der Waals surface area contributed by atoms with Crippen molar-refractivity contribution in [1.82, 2.24) is 0 Å². The first-order valence-corrected chi connectivity index (χ1v) is 4.55. The lowest BCUT2D eigenvalue weighted by Gasteiger charge is -2.01. The van der Waals surface area contributed by atoms with E-state index in [4.69, 9.17) is 8.83 Å². The van der Waals surface area contributed by atoms with E-state index in [-0.39, 0.29) is 22.0 Å². The maximum absolute atomic E-state index is 11.8. The number of hydrogen-bond acceptors (Lipinski definition) is 4. The highest BCUT2D eigenvalue weighted by Crippen LogP contribution is 2.12. The molecule has 0 N–H and O–H groups in total. The third-order valence-electron chi connectivity index (χ3n) is 2.38. The van der Waals surface area contributed by atoms with Gasteiger partial charge >= 0.3 is 5.78 Å². The maximum Gasteiger partial charge on any atom is 0.305 e. The monoisotopic (exact) mass is 206 g/mol. The van der Waals surface area contributed by atoms with Crippen LogP contribution in [0, 0.1) is 20.8 Å². The molecule has 15 heavy (non-hydrogen) atoms. The largest absolute Gasteiger partial charge is 0.430 e. The van der Waals surface area contributed by atoms with Crippen molar-refractivity contribution < 1.29 is 8.83 Å². The second kappa shape index (κ2) is 3.08. The molecule has 0 aliphatic rings. The number of aryl methyl sites for hydroxylation is 2. The van der Waals surface area contributed by atoms with E-state index in [9.17, 15) is 9.59 Å². The Morgan fingerprint density at radius 2 is 1.73 bits per heavy atom. The minimum absolute atomic E-state index is 0.00750. The summed E-state index contributed by atoms with van der Waals surface area (Å²) in [6.07, 6.45) is 0. The summed E-state index contributed by atoms with van der Waals surface area (Å²) in [6.45, 7) is 4.93. The van der Waals surface area contributed by atoms with E-state index in [0.29, 0.717) is 17.1 Å². The van der Waals surface area contributed by atoms with Crippen LogP contribution in [-0.4, -0.2) is 0 Å². The van der Waals surface area contributed by atoms with E-state index in [2.05, 4.69) is 0 Å². The van der Waals surface area contributed by atoms with Gasteiger partial charge in [0.2, 0.25) is 5.43 Å². The topological polar surface area (TPSA) is 60.4 Å². The molecule has 2 aromatic heterocycles. The molecule has 0 spiro atoms. The van der Waals surface area contributed by atoms with Gasteiger partial charge in [0.1, 0.15) is 11.5 Å². The lowest BCUT2D eigenvalue weighted by molar-refractivity contribution is 0.428. The Balaban J connectivity index is 3.13. The van der Waals surface area contributed by atoms with Crippen molar-refractivity contribution in [3.05, 3.63) is 43.6 Å². The van der Waals surface area contributed by atoms with Crippen molar-refractivity contribution in [3.8, 4) is 0 Å². The predicted molar refractivity (Wildman–Crippen MR) is 55.2 cm³/mol. The molecule has 0 radical (unpaired) electrons. The molecule has 4 nitrogen and oxygen atoms in total. The zero-order valence-electron chi connectivity index (χ0n) is 8.71. The molecule has 0 bridgehead atoms. The zero-order valence-corrected chi connectivity index (χ0v) is 8.71. The Hall–Kier alpha value is -1.84. The fourth-order valence-corrected chi connectivity index (χ4v) is 1.42. The minimum atomic E-state index is -0.356. The van der Waals surface area contributed by atoms with Gasteiger partial charge in [-0.25, -0.2) is 0 Å². The highest BCUT2D eigenvalue weighted by molar-refractivity contribution is 5.71. The molecule has 2 rings (SSSR count). The first-order chi connectivity index (χ1) is 7.00. The summed E-state index contributed by atoms with van der Waals surface area (Å²) < 4.78 is 10.5. The van der Waals surface area contributed by atoms with Gasteiger partial charge in [-0.05, 0) is 20.8 Å². The summed E-state index contributed by atoms with van der Waals surface area (Å²) >= 11 is 0. The Kier molecular flexibility index (Phi) is 2.00. The third kappa shape index (κ3) is 1.38. The third-order valence-corrected chi connectivity index (χ3v) is 2.38. The molecule has 0 aromatic carbocycles. The number of rotatable bonds is 0. The second-order valence-corrected chi connectivity index (χ2v) is 3.50. The Morgan fingerprint density at radius 3 is 2.40 bits per heavy atom. The van der Waals surface area contributed by atoms with E-state index >= 15 is 0 Å². The van der Waals surface area contributed by atoms with Crippen LogP contribution in [0.5, 0.6) is 0 Å². The second-order valence-electron chi connectivity index (χ2n) is 3.50. The van der Waals surface area contributed by atoms with Gasteiger partial charge in [0.05, 0.1) is 0 Å². The molecule has 0 fully saturated rings. The summed E-state index contributed by atoms with van der Waals surface area (Å²) in [5.41, 5.74) is -0.230. The standard InChI is InChI=1S/C11H10O4/c1-5-4-8(12)9-10(13)6(2)7(3)15-11(9)14-5/h4H,1-3H3. The molecule has 0 saturated heterocycles. The highest BCUT2D eigenvalue weighted by atomic mass is 16.5. The Morgan fingerprint density at radius 1 is 1.07 bits per heavy atom. The molecule has 0 atom stereocenters. The Labute approximate surface area is 85.1 Å². The molecule has 2 heterocycles. The molecule has 0 saturated carbocycles. The molecular formula is C11H10O4. The highest BCUT2D eigenvalue weighted by Gasteiger charge is 2.13. The molecule has 2 aromatic rings. The fourth-order valence-electron chi connectivity index (χ4n) is 1.42. The average molecular weight is 206 g/mol. The number of hydrogen-bond donors (Lipinski definition) is 0. The molecule has 78 valence electrons. The normalized spacial score (nSPS) is 10.9. The maximum atomic E-state index is 11.8. The molecule has 0 unspecified atom stereocenters. The van der Waals surface area contributed by atoms with E-state index < -0.39 is 0 Å². The van der Waals surface area contributed by atoms with Gasteiger partial charge in [-0.15, -0.1) is 0 Å². The van der Waals surface area contributed by atoms with Crippen molar-refractivity contribution in [3.63, 3.8) is 0 Å². The van der Waals surface area contributed by atoms with Gasteiger partial charge in [0, 0.05) is 11.6 Å². The van der Waals surface area contributed by atoms with Crippen LogP contribution >= 0.6 is 0 Å². The van der Waals surface area contributed by atoms with Crippen molar-refractivity contribution in [1.29, 1.82) is 0 Å². The fraction of sp³-hybridized carbons (Fsp3) is 0.273. The van der Waals surface area contributed by atoms with Gasteiger partial charge in [-0.3, -0.25) is 9.59 Å². The summed E-state index contributed by atoms with van der Waals surface area (Å²) in [5, 5.41) is -0.0105. The van der Waals surface area contributed by atoms with Crippen LogP contribution in [-0.2, 0) is 0 Å². The van der Waals surface area contributed by atoms with Gasteiger partial charge in [0.15, 0.2) is 10.8 Å². The van der Waals surface area contributed by atoms with Crippen LogP contribution in [0.25, 0.3) is 11.2 Å². The van der Waals surface area contributed by atoms with Crippen LogP contribution in [0.1, 0.15) is 17.1 Å². The van der Waals surface area contributed by atoms with E-state index in [1.165, 1.54) is 6.07 Å². The lowest BCUT2D eigenvalue weighted by Crippen LogP contribution is -2.16. The van der Waals surface area contributed by atoms with E-state index in [1.807, 2.05) is 0 Å². The van der Waals surface area contributed by atoms with Crippen LogP contribution in [0.15, 0.2) is 24.5 Å². The Bertz CT molecular complexity index is 646. The summed E-state index contributed by atoms with van der Waals surface area (Å²) in [7, 11) is 0. The van der Waals surface area contributed by atoms with Gasteiger partial charge in [-0.1, -0.05) is 0 Å². The quantitative estimate of drug-likeness (QED) is 0.657. The number of fused-ring (bicyclic) bond motifs is 1. The summed E-state index contributed by atoms with van der Waals surface area (Å²) in [5.74, 6) is 0.910. The van der Waals surface area contributed by atoms with Crippen molar-refractivity contribution in [2.45, 2.75) is 20.8 Å². The SMILES string of the molecule is Cc1cc(=O)c2c(=O)c(C)c(C)oc2o1. The van der Waals surface area contributed by atoms with Gasteiger partial charge < -0.3 is 8.83 Å². The van der Waals surface area contributed by atoms with Gasteiger partial charge in [-0.2, -0.15) is 0 Å². The summed E-state index contributed by atoms with van der Waals surface area (Å²) in [6, 6.07) is 1.29. The molecular weight excluding hydrogens is 196 g/mol. The predicted octanol–water partition coefficient (Wildman–Crippen LogP) is 1.67. The van der Waals surface area contributed by atoms with Crippen LogP contribution in [0.3, 0.4) is 0 Å². The summed E-state index contributed by atoms with van der Waals surface area (Å²) in [4.78, 5) is 23.3. The molecule has 0 amide bonds. The van der Waals surface area contributed by atoms with Crippen molar-refractivity contribution in [2.24, 2.45) is 0 Å². The first-order valence-electron chi connectivity index (χ1n) is 4.55. The van der Waals surface area contributed by atoms with Crippen LogP contribution < -0.4 is 10.9 Å². The van der Waals surface area contributed by atoms with E-state index in [1.54, 1.807) is 20.8 Å². The smallest absolute Gasteiger partial charge is 0.305 e. The van der Waals surface area contributed by atoms with Crippen molar-refractivity contribution >= 4 is 11.2 Å². The molecule has 4 heteroatoms. The first kappa shape index (κ1) is 9.71. The van der Waals surface area contributed by atoms with Crippen LogP contribution in [0.4, 0.5) is 0 Å². The molecule has 0 aliphatic heterocycles. The van der Waals surface area contributed by atoms with Gasteiger partial charge in [0.25, 0.3) is 0 Å².